The third kappa shape index (κ3) is 5.31. The highest BCUT2D eigenvalue weighted by Gasteiger charge is 2.29. The second-order valence-corrected chi connectivity index (χ2v) is 11.2. The van der Waals surface area contributed by atoms with Gasteiger partial charge in [0, 0.05) is 32.4 Å². The minimum absolute atomic E-state index is 0.0173. The largest absolute Gasteiger partial charge is 0.352 e. The zero-order valence-electron chi connectivity index (χ0n) is 19.5. The molecule has 1 N–H and O–H groups in total. The molecule has 8 nitrogen and oxygen atoms in total. The van der Waals surface area contributed by atoms with Crippen molar-refractivity contribution in [1.29, 1.82) is 0 Å². The predicted molar refractivity (Wildman–Crippen MR) is 130 cm³/mol. The quantitative estimate of drug-likeness (QED) is 0.613. The van der Waals surface area contributed by atoms with E-state index >= 15 is 0 Å². The van der Waals surface area contributed by atoms with Gasteiger partial charge >= 0.3 is 0 Å². The maximum Gasteiger partial charge on any atom is 0.243 e. The predicted octanol–water partition coefficient (Wildman–Crippen LogP) is 3.73. The standard InChI is InChI=1S/C24H30N6O2S/c1-18-11-12-25-22(17-18)26-21-9-10-23(28-27-21)29-13-15-30(16-14-29)33(31,32)20-7-5-19(6-8-20)24(2,3)4/h5-12,17H,13-16H2,1-4H3,(H,25,26,27). The molecule has 1 aliphatic heterocycles. The summed E-state index contributed by atoms with van der Waals surface area (Å²) < 4.78 is 27.7. The summed E-state index contributed by atoms with van der Waals surface area (Å²) in [5, 5.41) is 11.7. The lowest BCUT2D eigenvalue weighted by atomic mass is 9.87. The number of nitrogens with zero attached hydrogens (tertiary/aromatic N) is 5. The summed E-state index contributed by atoms with van der Waals surface area (Å²) in [6, 6.07) is 14.8. The highest BCUT2D eigenvalue weighted by molar-refractivity contribution is 7.89. The molecule has 1 aromatic carbocycles. The number of anilines is 3. The third-order valence-electron chi connectivity index (χ3n) is 5.74. The third-order valence-corrected chi connectivity index (χ3v) is 7.66. The topological polar surface area (TPSA) is 91.3 Å². The molecule has 2 aromatic heterocycles. The molecule has 9 heteroatoms. The molecule has 33 heavy (non-hydrogen) atoms. The highest BCUT2D eigenvalue weighted by Crippen LogP contribution is 2.25. The van der Waals surface area contributed by atoms with E-state index in [9.17, 15) is 8.42 Å². The van der Waals surface area contributed by atoms with Crippen molar-refractivity contribution in [2.75, 3.05) is 36.4 Å². The van der Waals surface area contributed by atoms with Gasteiger partial charge in [-0.05, 0) is 59.9 Å². The van der Waals surface area contributed by atoms with Crippen molar-refractivity contribution in [3.8, 4) is 0 Å². The van der Waals surface area contributed by atoms with Crippen molar-refractivity contribution in [2.45, 2.75) is 38.0 Å². The van der Waals surface area contributed by atoms with E-state index in [2.05, 4.69) is 46.2 Å². The first-order valence-corrected chi connectivity index (χ1v) is 12.5. The number of sulfonamides is 1. The molecule has 0 aliphatic carbocycles. The minimum Gasteiger partial charge on any atom is -0.352 e. The Morgan fingerprint density at radius 1 is 0.879 bits per heavy atom. The van der Waals surface area contributed by atoms with Crippen LogP contribution in [0.5, 0.6) is 0 Å². The molecule has 1 saturated heterocycles. The van der Waals surface area contributed by atoms with Crippen LogP contribution in [0.4, 0.5) is 17.5 Å². The molecule has 0 unspecified atom stereocenters. The van der Waals surface area contributed by atoms with E-state index in [1.54, 1.807) is 22.6 Å². The fourth-order valence-corrected chi connectivity index (χ4v) is 5.15. The van der Waals surface area contributed by atoms with E-state index in [0.717, 1.165) is 16.9 Å². The number of piperazine rings is 1. The van der Waals surface area contributed by atoms with Crippen LogP contribution in [0.25, 0.3) is 0 Å². The van der Waals surface area contributed by atoms with E-state index in [0.29, 0.717) is 42.7 Å². The Morgan fingerprint density at radius 2 is 1.58 bits per heavy atom. The number of hydrogen-bond donors (Lipinski definition) is 1. The Labute approximate surface area is 195 Å². The van der Waals surface area contributed by atoms with Gasteiger partial charge in [-0.2, -0.15) is 4.31 Å². The van der Waals surface area contributed by atoms with Crippen molar-refractivity contribution in [2.24, 2.45) is 0 Å². The van der Waals surface area contributed by atoms with Crippen LogP contribution in [-0.4, -0.2) is 54.1 Å². The summed E-state index contributed by atoms with van der Waals surface area (Å²) in [6.45, 7) is 10.3. The van der Waals surface area contributed by atoms with Crippen molar-refractivity contribution >= 4 is 27.5 Å². The number of benzene rings is 1. The maximum atomic E-state index is 13.1. The summed E-state index contributed by atoms with van der Waals surface area (Å²) in [4.78, 5) is 6.66. The van der Waals surface area contributed by atoms with E-state index in [4.69, 9.17) is 0 Å². The van der Waals surface area contributed by atoms with Crippen LogP contribution in [-0.2, 0) is 15.4 Å². The first-order valence-electron chi connectivity index (χ1n) is 11.0. The molecule has 3 aromatic rings. The lowest BCUT2D eigenvalue weighted by molar-refractivity contribution is 0.383. The number of pyridine rings is 1. The maximum absolute atomic E-state index is 13.1. The Bertz CT molecular complexity index is 1200. The summed E-state index contributed by atoms with van der Waals surface area (Å²) in [7, 11) is -3.52. The lowest BCUT2D eigenvalue weighted by Gasteiger charge is -2.34. The average molecular weight is 467 g/mol. The normalized spacial score (nSPS) is 15.5. The Balaban J connectivity index is 1.38. The highest BCUT2D eigenvalue weighted by atomic mass is 32.2. The molecule has 4 rings (SSSR count). The van der Waals surface area contributed by atoms with Gasteiger partial charge in [0.2, 0.25) is 10.0 Å². The zero-order valence-corrected chi connectivity index (χ0v) is 20.3. The monoisotopic (exact) mass is 466 g/mol. The molecule has 0 saturated carbocycles. The van der Waals surface area contributed by atoms with Crippen LogP contribution in [0.2, 0.25) is 0 Å². The van der Waals surface area contributed by atoms with Gasteiger partial charge in [0.05, 0.1) is 4.90 Å². The van der Waals surface area contributed by atoms with E-state index in [1.807, 2.05) is 43.3 Å². The molecule has 0 spiro atoms. The number of hydrogen-bond acceptors (Lipinski definition) is 7. The SMILES string of the molecule is Cc1ccnc(Nc2ccc(N3CCN(S(=O)(=O)c4ccc(C(C)(C)C)cc4)CC3)nn2)c1. The molecule has 0 amide bonds. The van der Waals surface area contributed by atoms with Crippen LogP contribution in [0.3, 0.4) is 0 Å². The molecule has 0 radical (unpaired) electrons. The molecule has 1 fully saturated rings. The van der Waals surface area contributed by atoms with Crippen LogP contribution >= 0.6 is 0 Å². The summed E-state index contributed by atoms with van der Waals surface area (Å²) in [6.07, 6.45) is 1.74. The van der Waals surface area contributed by atoms with E-state index < -0.39 is 10.0 Å². The Hall–Kier alpha value is -3.04. The van der Waals surface area contributed by atoms with Crippen molar-refractivity contribution in [3.63, 3.8) is 0 Å². The van der Waals surface area contributed by atoms with Gasteiger partial charge in [-0.25, -0.2) is 13.4 Å². The Kier molecular flexibility index (Phi) is 6.36. The van der Waals surface area contributed by atoms with Gasteiger partial charge < -0.3 is 10.2 Å². The summed E-state index contributed by atoms with van der Waals surface area (Å²) in [5.41, 5.74) is 2.20. The fourth-order valence-electron chi connectivity index (χ4n) is 3.73. The van der Waals surface area contributed by atoms with Gasteiger partial charge in [-0.1, -0.05) is 32.9 Å². The van der Waals surface area contributed by atoms with Crippen LogP contribution < -0.4 is 10.2 Å². The lowest BCUT2D eigenvalue weighted by Crippen LogP contribution is -2.49. The smallest absolute Gasteiger partial charge is 0.243 e. The molecular formula is C24H30N6O2S. The first kappa shape index (κ1) is 23.1. The Morgan fingerprint density at radius 3 is 2.15 bits per heavy atom. The second-order valence-electron chi connectivity index (χ2n) is 9.29. The van der Waals surface area contributed by atoms with Crippen LogP contribution in [0, 0.1) is 6.92 Å². The molecular weight excluding hydrogens is 436 g/mol. The molecule has 0 atom stereocenters. The summed E-state index contributed by atoms with van der Waals surface area (Å²) >= 11 is 0. The van der Waals surface area contributed by atoms with Crippen molar-refractivity contribution in [1.82, 2.24) is 19.5 Å². The zero-order chi connectivity index (χ0) is 23.6. The number of aryl methyl sites for hydroxylation is 1. The molecule has 0 bridgehead atoms. The van der Waals surface area contributed by atoms with Gasteiger partial charge in [0.1, 0.15) is 5.82 Å². The average Bonchev–Trinajstić information content (AvgIpc) is 2.79. The van der Waals surface area contributed by atoms with Crippen LogP contribution in [0.15, 0.2) is 59.6 Å². The summed E-state index contributed by atoms with van der Waals surface area (Å²) in [5.74, 6) is 2.05. The van der Waals surface area contributed by atoms with Crippen LogP contribution in [0.1, 0.15) is 31.9 Å². The molecule has 1 aliphatic rings. The molecule has 174 valence electrons. The molecule has 3 heterocycles. The number of aromatic nitrogens is 3. The van der Waals surface area contributed by atoms with Crippen molar-refractivity contribution in [3.05, 3.63) is 65.9 Å². The van der Waals surface area contributed by atoms with E-state index in [1.165, 1.54) is 0 Å². The van der Waals surface area contributed by atoms with E-state index in [-0.39, 0.29) is 5.41 Å². The fraction of sp³-hybridized carbons (Fsp3) is 0.375. The van der Waals surface area contributed by atoms with Crippen molar-refractivity contribution < 1.29 is 8.42 Å². The first-order chi connectivity index (χ1) is 15.6. The number of rotatable bonds is 5. The van der Waals surface area contributed by atoms with Gasteiger partial charge in [0.25, 0.3) is 0 Å². The minimum atomic E-state index is -3.52. The number of nitrogens with one attached hydrogen (secondary N) is 1. The van der Waals surface area contributed by atoms with Gasteiger partial charge in [-0.3, -0.25) is 0 Å². The second kappa shape index (κ2) is 9.07. The van der Waals surface area contributed by atoms with Gasteiger partial charge in [0.15, 0.2) is 11.6 Å². The van der Waals surface area contributed by atoms with Gasteiger partial charge in [-0.15, -0.1) is 10.2 Å².